The molecule has 0 saturated heterocycles. The van der Waals surface area contributed by atoms with Crippen LogP contribution < -0.4 is 10.6 Å². The van der Waals surface area contributed by atoms with E-state index >= 15 is 0 Å². The monoisotopic (exact) mass is 336 g/mol. The third-order valence-corrected chi connectivity index (χ3v) is 3.44. The van der Waals surface area contributed by atoms with Gasteiger partial charge in [-0.2, -0.15) is 5.10 Å². The fourth-order valence-electron chi connectivity index (χ4n) is 1.88. The number of ether oxygens (including phenoxy) is 1. The average Bonchev–Trinajstić information content (AvgIpc) is 2.82. The number of halogens is 1. The molecule has 2 rings (SSSR count). The molecule has 0 bridgehead atoms. The summed E-state index contributed by atoms with van der Waals surface area (Å²) in [4.78, 5) is 23.6. The van der Waals surface area contributed by atoms with E-state index in [2.05, 4.69) is 15.7 Å². The molecule has 122 valence electrons. The van der Waals surface area contributed by atoms with Gasteiger partial charge in [0.1, 0.15) is 6.61 Å². The second-order valence-electron chi connectivity index (χ2n) is 4.92. The second kappa shape index (κ2) is 7.26. The minimum absolute atomic E-state index is 0.0617. The molecule has 0 spiro atoms. The van der Waals surface area contributed by atoms with Crippen LogP contribution in [0.4, 0.5) is 11.4 Å². The highest BCUT2D eigenvalue weighted by Crippen LogP contribution is 2.25. The van der Waals surface area contributed by atoms with Crippen molar-refractivity contribution in [2.24, 2.45) is 7.05 Å². The number of nitrogens with zero attached hydrogens (tertiary/aromatic N) is 2. The van der Waals surface area contributed by atoms with Crippen molar-refractivity contribution >= 4 is 34.8 Å². The Labute approximate surface area is 138 Å². The number of rotatable bonds is 5. The predicted molar refractivity (Wildman–Crippen MR) is 87.9 cm³/mol. The molecule has 23 heavy (non-hydrogen) atoms. The third-order valence-electron chi connectivity index (χ3n) is 3.12. The highest BCUT2D eigenvalue weighted by molar-refractivity contribution is 6.34. The van der Waals surface area contributed by atoms with E-state index in [1.807, 2.05) is 6.92 Å². The lowest BCUT2D eigenvalue weighted by atomic mass is 10.2. The van der Waals surface area contributed by atoms with Crippen LogP contribution in [0.3, 0.4) is 0 Å². The van der Waals surface area contributed by atoms with Gasteiger partial charge in [-0.3, -0.25) is 14.3 Å². The van der Waals surface area contributed by atoms with Crippen molar-refractivity contribution in [1.82, 2.24) is 9.78 Å². The number of carbonyl (C=O) groups is 2. The zero-order valence-electron chi connectivity index (χ0n) is 13.0. The molecule has 7 nitrogen and oxygen atoms in total. The topological polar surface area (TPSA) is 85.3 Å². The molecule has 0 unspecified atom stereocenters. The molecule has 2 aromatic rings. The van der Waals surface area contributed by atoms with E-state index in [9.17, 15) is 9.59 Å². The minimum Gasteiger partial charge on any atom is -0.375 e. The van der Waals surface area contributed by atoms with E-state index in [0.717, 1.165) is 5.69 Å². The second-order valence-corrected chi connectivity index (χ2v) is 5.33. The van der Waals surface area contributed by atoms with Crippen LogP contribution in [0, 0.1) is 6.92 Å². The number of hydrogen-bond acceptors (Lipinski definition) is 4. The number of anilines is 2. The zero-order valence-corrected chi connectivity index (χ0v) is 13.8. The number of amides is 2. The lowest BCUT2D eigenvalue weighted by Crippen LogP contribution is -2.17. The molecular formula is C15H17ClN4O3. The zero-order chi connectivity index (χ0) is 17.0. The molecule has 1 heterocycles. The number of aromatic nitrogens is 2. The van der Waals surface area contributed by atoms with Crippen LogP contribution in [-0.4, -0.2) is 35.3 Å². The van der Waals surface area contributed by atoms with Gasteiger partial charge in [-0.1, -0.05) is 11.6 Å². The van der Waals surface area contributed by atoms with Crippen molar-refractivity contribution in [1.29, 1.82) is 0 Å². The maximum absolute atomic E-state index is 12.1. The molecule has 0 aliphatic rings. The number of nitrogens with one attached hydrogen (secondary N) is 2. The molecule has 0 fully saturated rings. The lowest BCUT2D eigenvalue weighted by molar-refractivity contribution is -0.119. The molecule has 0 aliphatic heterocycles. The van der Waals surface area contributed by atoms with Gasteiger partial charge in [-0.15, -0.1) is 0 Å². The summed E-state index contributed by atoms with van der Waals surface area (Å²) in [6, 6.07) is 6.49. The Morgan fingerprint density at radius 2 is 2.04 bits per heavy atom. The highest BCUT2D eigenvalue weighted by atomic mass is 35.5. The van der Waals surface area contributed by atoms with Crippen LogP contribution in [0.5, 0.6) is 0 Å². The smallest absolute Gasteiger partial charge is 0.276 e. The average molecular weight is 337 g/mol. The van der Waals surface area contributed by atoms with Crippen molar-refractivity contribution < 1.29 is 14.3 Å². The maximum Gasteiger partial charge on any atom is 0.276 e. The molecule has 0 aliphatic carbocycles. The first-order valence-electron chi connectivity index (χ1n) is 6.81. The van der Waals surface area contributed by atoms with Crippen LogP contribution in [0.25, 0.3) is 0 Å². The Balaban J connectivity index is 2.08. The Hall–Kier alpha value is -2.38. The summed E-state index contributed by atoms with van der Waals surface area (Å²) in [6.45, 7) is 1.80. The highest BCUT2D eigenvalue weighted by Gasteiger charge is 2.12. The molecular weight excluding hydrogens is 320 g/mol. The van der Waals surface area contributed by atoms with Crippen molar-refractivity contribution in [3.63, 3.8) is 0 Å². The van der Waals surface area contributed by atoms with E-state index in [1.165, 1.54) is 7.11 Å². The Bertz CT molecular complexity index is 723. The van der Waals surface area contributed by atoms with Crippen LogP contribution in [0.2, 0.25) is 5.02 Å². The van der Waals surface area contributed by atoms with E-state index in [1.54, 1.807) is 36.0 Å². The normalized spacial score (nSPS) is 10.4. The first kappa shape index (κ1) is 17.0. The number of aryl methyl sites for hydroxylation is 2. The van der Waals surface area contributed by atoms with Crippen LogP contribution in [0.1, 0.15) is 16.2 Å². The SMILES string of the molecule is COCC(=O)Nc1ccc(NC(=O)c2cc(C)n(C)n2)cc1Cl. The predicted octanol–water partition coefficient (Wildman–Crippen LogP) is 2.22. The fourth-order valence-corrected chi connectivity index (χ4v) is 2.11. The summed E-state index contributed by atoms with van der Waals surface area (Å²) in [7, 11) is 3.19. The number of methoxy groups -OCH3 is 1. The largest absolute Gasteiger partial charge is 0.375 e. The number of carbonyl (C=O) groups excluding carboxylic acids is 2. The number of hydrogen-bond donors (Lipinski definition) is 2. The molecule has 1 aromatic heterocycles. The van der Waals surface area contributed by atoms with E-state index in [4.69, 9.17) is 16.3 Å². The van der Waals surface area contributed by atoms with Crippen LogP contribution in [0.15, 0.2) is 24.3 Å². The molecule has 1 aromatic carbocycles. The standard InChI is InChI=1S/C15H17ClN4O3/c1-9-6-13(19-20(9)2)15(22)17-10-4-5-12(11(16)7-10)18-14(21)8-23-3/h4-7H,8H2,1-3H3,(H,17,22)(H,18,21). The van der Waals surface area contributed by atoms with Gasteiger partial charge in [-0.05, 0) is 31.2 Å². The summed E-state index contributed by atoms with van der Waals surface area (Å²) in [5, 5.41) is 9.74. The summed E-state index contributed by atoms with van der Waals surface area (Å²) in [5.74, 6) is -0.643. The lowest BCUT2D eigenvalue weighted by Gasteiger charge is -2.09. The van der Waals surface area contributed by atoms with Gasteiger partial charge >= 0.3 is 0 Å². The fraction of sp³-hybridized carbons (Fsp3) is 0.267. The first-order chi connectivity index (χ1) is 10.9. The maximum atomic E-state index is 12.1. The molecule has 2 amide bonds. The van der Waals surface area contributed by atoms with Gasteiger partial charge in [0.2, 0.25) is 5.91 Å². The van der Waals surface area contributed by atoms with Crippen LogP contribution in [-0.2, 0) is 16.6 Å². The molecule has 2 N–H and O–H groups in total. The summed E-state index contributed by atoms with van der Waals surface area (Å²) < 4.78 is 6.35. The Morgan fingerprint density at radius 1 is 1.30 bits per heavy atom. The Morgan fingerprint density at radius 3 is 2.61 bits per heavy atom. The third kappa shape index (κ3) is 4.30. The molecule has 0 atom stereocenters. The van der Waals surface area contributed by atoms with Crippen LogP contribution >= 0.6 is 11.6 Å². The molecule has 0 saturated carbocycles. The van der Waals surface area contributed by atoms with Crippen molar-refractivity contribution in [2.75, 3.05) is 24.4 Å². The molecule has 0 radical (unpaired) electrons. The van der Waals surface area contributed by atoms with E-state index in [-0.39, 0.29) is 18.4 Å². The summed E-state index contributed by atoms with van der Waals surface area (Å²) in [6.07, 6.45) is 0. The van der Waals surface area contributed by atoms with Crippen molar-refractivity contribution in [2.45, 2.75) is 6.92 Å². The van der Waals surface area contributed by atoms with Crippen molar-refractivity contribution in [3.8, 4) is 0 Å². The van der Waals surface area contributed by atoms with Gasteiger partial charge in [-0.25, -0.2) is 0 Å². The van der Waals surface area contributed by atoms with Gasteiger partial charge in [0.25, 0.3) is 5.91 Å². The quantitative estimate of drug-likeness (QED) is 0.876. The van der Waals surface area contributed by atoms with Crippen molar-refractivity contribution in [3.05, 3.63) is 40.7 Å². The summed E-state index contributed by atoms with van der Waals surface area (Å²) in [5.41, 5.74) is 2.15. The number of benzene rings is 1. The van der Waals surface area contributed by atoms with Gasteiger partial charge in [0.15, 0.2) is 5.69 Å². The van der Waals surface area contributed by atoms with Gasteiger partial charge < -0.3 is 15.4 Å². The van der Waals surface area contributed by atoms with E-state index in [0.29, 0.717) is 22.1 Å². The first-order valence-corrected chi connectivity index (χ1v) is 7.19. The minimum atomic E-state index is -0.332. The molecule has 8 heteroatoms. The van der Waals surface area contributed by atoms with E-state index < -0.39 is 0 Å². The van der Waals surface area contributed by atoms with Gasteiger partial charge in [0.05, 0.1) is 10.7 Å². The summed E-state index contributed by atoms with van der Waals surface area (Å²) >= 11 is 6.11. The van der Waals surface area contributed by atoms with Gasteiger partial charge in [0, 0.05) is 25.5 Å². The Kier molecular flexibility index (Phi) is 5.36.